The fourth-order valence-electron chi connectivity index (χ4n) is 4.24. The maximum Gasteiger partial charge on any atom is 0.224 e. The molecule has 1 amide bonds. The van der Waals surface area contributed by atoms with Crippen LogP contribution < -0.4 is 14.8 Å². The number of hydrogen-bond acceptors (Lipinski definition) is 3. The van der Waals surface area contributed by atoms with Crippen LogP contribution in [0.4, 0.5) is 8.78 Å². The van der Waals surface area contributed by atoms with E-state index in [-0.39, 0.29) is 29.7 Å². The second-order valence-electron chi connectivity index (χ2n) is 7.07. The average molecular weight is 357 g/mol. The lowest BCUT2D eigenvalue weighted by molar-refractivity contribution is -0.123. The van der Waals surface area contributed by atoms with Gasteiger partial charge in [-0.05, 0) is 17.7 Å². The molecule has 3 unspecified atom stereocenters. The van der Waals surface area contributed by atoms with Crippen molar-refractivity contribution in [2.24, 2.45) is 11.8 Å². The van der Waals surface area contributed by atoms with Crippen molar-refractivity contribution in [3.63, 3.8) is 0 Å². The third-order valence-electron chi connectivity index (χ3n) is 5.59. The Balaban J connectivity index is 1.36. The van der Waals surface area contributed by atoms with Crippen molar-refractivity contribution in [3.05, 3.63) is 59.2 Å². The molecule has 4 nitrogen and oxygen atoms in total. The van der Waals surface area contributed by atoms with E-state index in [1.807, 2.05) is 24.3 Å². The molecule has 0 bridgehead atoms. The van der Waals surface area contributed by atoms with E-state index in [0.29, 0.717) is 30.9 Å². The Labute approximate surface area is 149 Å². The largest absolute Gasteiger partial charge is 0.493 e. The summed E-state index contributed by atoms with van der Waals surface area (Å²) >= 11 is 0. The number of rotatable bonds is 2. The fraction of sp³-hybridized carbons (Fsp3) is 0.350. The van der Waals surface area contributed by atoms with Crippen molar-refractivity contribution in [3.8, 4) is 11.5 Å². The number of carbonyl (C=O) groups excluding carboxylic acids is 1. The first kappa shape index (κ1) is 15.6. The number of fused-ring (bicyclic) bond motifs is 4. The molecule has 1 saturated carbocycles. The summed E-state index contributed by atoms with van der Waals surface area (Å²) in [6.45, 7) is 0.885. The molecule has 5 rings (SSSR count). The lowest BCUT2D eigenvalue weighted by atomic mass is 9.99. The molecule has 0 aromatic heterocycles. The first-order valence-corrected chi connectivity index (χ1v) is 8.77. The molecule has 134 valence electrons. The topological polar surface area (TPSA) is 47.6 Å². The van der Waals surface area contributed by atoms with Crippen LogP contribution in [0.3, 0.4) is 0 Å². The van der Waals surface area contributed by atoms with E-state index in [1.54, 1.807) is 0 Å². The van der Waals surface area contributed by atoms with Crippen LogP contribution in [-0.4, -0.2) is 19.1 Å². The van der Waals surface area contributed by atoms with Gasteiger partial charge in [0, 0.05) is 29.9 Å². The average Bonchev–Trinajstić information content (AvgIpc) is 3.38. The summed E-state index contributed by atoms with van der Waals surface area (Å²) in [5.41, 5.74) is 1.56. The van der Waals surface area contributed by atoms with Gasteiger partial charge in [0.25, 0.3) is 0 Å². The van der Waals surface area contributed by atoms with Crippen LogP contribution in [0.2, 0.25) is 0 Å². The number of ether oxygens (including phenoxy) is 2. The van der Waals surface area contributed by atoms with Crippen molar-refractivity contribution in [1.82, 2.24) is 5.32 Å². The van der Waals surface area contributed by atoms with Gasteiger partial charge in [-0.15, -0.1) is 0 Å². The molecule has 0 radical (unpaired) electrons. The molecule has 1 N–H and O–H groups in total. The van der Waals surface area contributed by atoms with E-state index in [2.05, 4.69) is 5.32 Å². The molecule has 4 atom stereocenters. The number of benzene rings is 2. The lowest BCUT2D eigenvalue weighted by Gasteiger charge is -2.27. The molecule has 2 aromatic carbocycles. The molecule has 0 saturated heterocycles. The summed E-state index contributed by atoms with van der Waals surface area (Å²) in [6, 6.07) is 9.58. The van der Waals surface area contributed by atoms with E-state index in [4.69, 9.17) is 9.47 Å². The molecule has 3 aliphatic rings. The van der Waals surface area contributed by atoms with Crippen LogP contribution in [0.1, 0.15) is 29.5 Å². The summed E-state index contributed by atoms with van der Waals surface area (Å²) in [7, 11) is 0. The predicted molar refractivity (Wildman–Crippen MR) is 89.0 cm³/mol. The molecule has 6 heteroatoms. The third kappa shape index (κ3) is 2.35. The Morgan fingerprint density at radius 3 is 2.73 bits per heavy atom. The highest BCUT2D eigenvalue weighted by Gasteiger charge is 2.58. The maximum absolute atomic E-state index is 13.6. The van der Waals surface area contributed by atoms with Gasteiger partial charge in [0.2, 0.25) is 5.91 Å². The maximum atomic E-state index is 13.6. The van der Waals surface area contributed by atoms with Gasteiger partial charge in [0.15, 0.2) is 11.6 Å². The summed E-state index contributed by atoms with van der Waals surface area (Å²) in [5.74, 6) is -0.606. The van der Waals surface area contributed by atoms with Crippen molar-refractivity contribution in [2.75, 3.05) is 13.2 Å². The number of halogens is 2. The summed E-state index contributed by atoms with van der Waals surface area (Å²) in [6.07, 6.45) is 0.527. The zero-order valence-electron chi connectivity index (χ0n) is 13.9. The van der Waals surface area contributed by atoms with Crippen LogP contribution in [0, 0.1) is 23.5 Å². The minimum atomic E-state index is -0.947. The Morgan fingerprint density at radius 1 is 1.04 bits per heavy atom. The first-order valence-electron chi connectivity index (χ1n) is 8.77. The smallest absolute Gasteiger partial charge is 0.224 e. The van der Waals surface area contributed by atoms with E-state index in [1.165, 1.54) is 0 Å². The minimum absolute atomic E-state index is 0.0668. The number of amides is 1. The lowest BCUT2D eigenvalue weighted by Crippen LogP contribution is -2.34. The van der Waals surface area contributed by atoms with Crippen LogP contribution in [-0.2, 0) is 4.79 Å². The van der Waals surface area contributed by atoms with Gasteiger partial charge in [-0.3, -0.25) is 4.79 Å². The Morgan fingerprint density at radius 2 is 1.85 bits per heavy atom. The van der Waals surface area contributed by atoms with Gasteiger partial charge in [-0.1, -0.05) is 18.2 Å². The van der Waals surface area contributed by atoms with E-state index >= 15 is 0 Å². The van der Waals surface area contributed by atoms with Crippen LogP contribution >= 0.6 is 0 Å². The van der Waals surface area contributed by atoms with Gasteiger partial charge in [0.05, 0.1) is 25.2 Å². The first-order chi connectivity index (χ1) is 12.6. The molecule has 0 spiro atoms. The summed E-state index contributed by atoms with van der Waals surface area (Å²) in [5, 5.41) is 3.01. The van der Waals surface area contributed by atoms with Crippen molar-refractivity contribution < 1.29 is 23.0 Å². The highest BCUT2D eigenvalue weighted by molar-refractivity contribution is 5.84. The molecule has 2 aromatic rings. The molecule has 1 fully saturated rings. The Kier molecular flexibility index (Phi) is 3.42. The van der Waals surface area contributed by atoms with Crippen LogP contribution in [0.5, 0.6) is 11.5 Å². The number of nitrogens with one attached hydrogen (secondary N) is 1. The fourth-order valence-corrected chi connectivity index (χ4v) is 4.24. The Bertz CT molecular complexity index is 901. The minimum Gasteiger partial charge on any atom is -0.493 e. The third-order valence-corrected chi connectivity index (χ3v) is 5.59. The predicted octanol–water partition coefficient (Wildman–Crippen LogP) is 3.33. The summed E-state index contributed by atoms with van der Waals surface area (Å²) < 4.78 is 38.2. The van der Waals surface area contributed by atoms with Gasteiger partial charge in [-0.25, -0.2) is 8.78 Å². The van der Waals surface area contributed by atoms with E-state index in [0.717, 1.165) is 23.4 Å². The van der Waals surface area contributed by atoms with Crippen molar-refractivity contribution in [1.29, 1.82) is 0 Å². The molecule has 2 aliphatic heterocycles. The van der Waals surface area contributed by atoms with Crippen molar-refractivity contribution >= 4 is 5.91 Å². The van der Waals surface area contributed by atoms with Gasteiger partial charge >= 0.3 is 0 Å². The zero-order chi connectivity index (χ0) is 17.8. The SMILES string of the molecule is O=C(N[C@H]1CCOc2cc(F)c(F)cc21)C1C2COc3ccccc3C21. The number of para-hydroxylation sites is 1. The molecular formula is C20H17F2NO3. The van der Waals surface area contributed by atoms with Gasteiger partial charge < -0.3 is 14.8 Å². The molecule has 2 heterocycles. The molecular weight excluding hydrogens is 340 g/mol. The summed E-state index contributed by atoms with van der Waals surface area (Å²) in [4.78, 5) is 12.8. The van der Waals surface area contributed by atoms with Gasteiger partial charge in [-0.2, -0.15) is 0 Å². The van der Waals surface area contributed by atoms with Crippen molar-refractivity contribution in [2.45, 2.75) is 18.4 Å². The van der Waals surface area contributed by atoms with E-state index < -0.39 is 11.6 Å². The standard InChI is InChI=1S/C20H17F2NO3/c21-13-7-11-15(5-6-25-17(11)8-14(13)22)23-20(24)19-12-9-26-16-4-2-1-3-10(16)18(12)19/h1-4,7-8,12,15,18-19H,5-6,9H2,(H,23,24)/t12?,15-,18?,19?/m0/s1. The quantitative estimate of drug-likeness (QED) is 0.897. The van der Waals surface area contributed by atoms with Crippen LogP contribution in [0.15, 0.2) is 36.4 Å². The van der Waals surface area contributed by atoms with E-state index in [9.17, 15) is 13.6 Å². The second-order valence-corrected chi connectivity index (χ2v) is 7.07. The monoisotopic (exact) mass is 357 g/mol. The number of hydrogen-bond donors (Lipinski definition) is 1. The molecule has 1 aliphatic carbocycles. The normalized spacial score (nSPS) is 27.9. The molecule has 26 heavy (non-hydrogen) atoms. The van der Waals surface area contributed by atoms with Gasteiger partial charge in [0.1, 0.15) is 11.5 Å². The zero-order valence-corrected chi connectivity index (χ0v) is 13.9. The second kappa shape index (κ2) is 5.69. The number of carbonyl (C=O) groups is 1. The highest BCUT2D eigenvalue weighted by Crippen LogP contribution is 2.59. The Hall–Kier alpha value is -2.63. The highest BCUT2D eigenvalue weighted by atomic mass is 19.2. The van der Waals surface area contributed by atoms with Crippen LogP contribution in [0.25, 0.3) is 0 Å².